The normalized spacial score (nSPS) is 28.7. The SMILES string of the molecule is CN(CC(=O)N1CCOCC1)C(=O)C1CCCCC1(C)N.Cl. The first kappa shape index (κ1) is 19.2. The number of carbonyl (C=O) groups is 2. The second-order valence-electron chi connectivity index (χ2n) is 6.49. The van der Waals surface area contributed by atoms with E-state index in [1.807, 2.05) is 6.92 Å². The molecule has 1 saturated carbocycles. The fraction of sp³-hybridized carbons (Fsp3) is 0.867. The van der Waals surface area contributed by atoms with Gasteiger partial charge in [-0.2, -0.15) is 0 Å². The highest BCUT2D eigenvalue weighted by Crippen LogP contribution is 2.32. The summed E-state index contributed by atoms with van der Waals surface area (Å²) < 4.78 is 5.23. The van der Waals surface area contributed by atoms with Crippen LogP contribution in [0.1, 0.15) is 32.6 Å². The largest absolute Gasteiger partial charge is 0.378 e. The minimum absolute atomic E-state index is 0. The smallest absolute Gasteiger partial charge is 0.242 e. The van der Waals surface area contributed by atoms with Crippen molar-refractivity contribution in [3.8, 4) is 0 Å². The van der Waals surface area contributed by atoms with E-state index in [0.29, 0.717) is 26.3 Å². The van der Waals surface area contributed by atoms with Crippen LogP contribution in [0.2, 0.25) is 0 Å². The Kier molecular flexibility index (Phi) is 7.09. The number of morpholine rings is 1. The second-order valence-corrected chi connectivity index (χ2v) is 6.49. The van der Waals surface area contributed by atoms with Gasteiger partial charge < -0.3 is 20.3 Å². The van der Waals surface area contributed by atoms with Crippen molar-refractivity contribution in [1.29, 1.82) is 0 Å². The van der Waals surface area contributed by atoms with Crippen molar-refractivity contribution in [3.63, 3.8) is 0 Å². The zero-order valence-corrected chi connectivity index (χ0v) is 14.4. The van der Waals surface area contributed by atoms with Gasteiger partial charge in [0, 0.05) is 25.7 Å². The summed E-state index contributed by atoms with van der Waals surface area (Å²) in [5, 5.41) is 0. The minimum atomic E-state index is -0.453. The summed E-state index contributed by atoms with van der Waals surface area (Å²) in [6.07, 6.45) is 3.80. The lowest BCUT2D eigenvalue weighted by Gasteiger charge is -2.39. The molecule has 2 fully saturated rings. The Balaban J connectivity index is 0.00000242. The number of carbonyl (C=O) groups excluding carboxylic acids is 2. The molecule has 2 unspecified atom stereocenters. The maximum atomic E-state index is 12.6. The van der Waals surface area contributed by atoms with Crippen LogP contribution in [-0.2, 0) is 14.3 Å². The number of halogens is 1. The summed E-state index contributed by atoms with van der Waals surface area (Å²) in [5.41, 5.74) is 5.82. The molecule has 0 aromatic heterocycles. The Bertz CT molecular complexity index is 397. The van der Waals surface area contributed by atoms with Gasteiger partial charge >= 0.3 is 0 Å². The van der Waals surface area contributed by atoms with Gasteiger partial charge in [-0.1, -0.05) is 12.8 Å². The van der Waals surface area contributed by atoms with E-state index in [1.165, 1.54) is 0 Å². The number of likely N-dealkylation sites (N-methyl/N-ethyl adjacent to an activating group) is 1. The number of nitrogens with two attached hydrogens (primary N) is 1. The number of rotatable bonds is 3. The van der Waals surface area contributed by atoms with E-state index in [0.717, 1.165) is 25.7 Å². The number of amides is 2. The highest BCUT2D eigenvalue weighted by atomic mass is 35.5. The molecule has 2 rings (SSSR count). The molecule has 2 amide bonds. The van der Waals surface area contributed by atoms with Crippen molar-refractivity contribution in [3.05, 3.63) is 0 Å². The van der Waals surface area contributed by atoms with Crippen molar-refractivity contribution < 1.29 is 14.3 Å². The Morgan fingerprint density at radius 2 is 1.95 bits per heavy atom. The molecule has 1 aliphatic carbocycles. The number of hydrogen-bond donors (Lipinski definition) is 1. The van der Waals surface area contributed by atoms with E-state index in [9.17, 15) is 9.59 Å². The first-order valence-corrected chi connectivity index (χ1v) is 7.81. The van der Waals surface area contributed by atoms with Crippen LogP contribution in [-0.4, -0.2) is 67.0 Å². The Morgan fingerprint density at radius 1 is 1.32 bits per heavy atom. The standard InChI is InChI=1S/C15H27N3O3.ClH/c1-15(16)6-4-3-5-12(15)14(20)17(2)11-13(19)18-7-9-21-10-8-18;/h12H,3-11,16H2,1-2H3;1H. The van der Waals surface area contributed by atoms with Gasteiger partial charge in [-0.3, -0.25) is 9.59 Å². The second kappa shape index (κ2) is 8.13. The average Bonchev–Trinajstić information content (AvgIpc) is 2.47. The maximum absolute atomic E-state index is 12.6. The fourth-order valence-corrected chi connectivity index (χ4v) is 3.22. The van der Waals surface area contributed by atoms with E-state index in [-0.39, 0.29) is 36.7 Å². The summed E-state index contributed by atoms with van der Waals surface area (Å²) in [4.78, 5) is 28.1. The zero-order valence-electron chi connectivity index (χ0n) is 13.5. The number of ether oxygens (including phenoxy) is 1. The summed E-state index contributed by atoms with van der Waals surface area (Å²) in [6, 6.07) is 0. The summed E-state index contributed by atoms with van der Waals surface area (Å²) in [5.74, 6) is -0.182. The summed E-state index contributed by atoms with van der Waals surface area (Å²) in [6.45, 7) is 4.45. The van der Waals surface area contributed by atoms with Gasteiger partial charge in [0.1, 0.15) is 0 Å². The third kappa shape index (κ3) is 4.57. The number of hydrogen-bond acceptors (Lipinski definition) is 4. The third-order valence-corrected chi connectivity index (χ3v) is 4.66. The molecule has 6 nitrogen and oxygen atoms in total. The predicted octanol–water partition coefficient (Wildman–Crippen LogP) is 0.633. The van der Waals surface area contributed by atoms with E-state index in [2.05, 4.69) is 0 Å². The molecule has 0 radical (unpaired) electrons. The van der Waals surface area contributed by atoms with Gasteiger partial charge in [-0.15, -0.1) is 12.4 Å². The van der Waals surface area contributed by atoms with Crippen molar-refractivity contribution >= 4 is 24.2 Å². The summed E-state index contributed by atoms with van der Waals surface area (Å²) >= 11 is 0. The van der Waals surface area contributed by atoms with Crippen LogP contribution in [0.4, 0.5) is 0 Å². The predicted molar refractivity (Wildman–Crippen MR) is 86.8 cm³/mol. The molecule has 0 aromatic rings. The van der Waals surface area contributed by atoms with Crippen LogP contribution in [0.3, 0.4) is 0 Å². The highest BCUT2D eigenvalue weighted by molar-refractivity contribution is 5.86. The Morgan fingerprint density at radius 3 is 2.55 bits per heavy atom. The Hall–Kier alpha value is -0.850. The molecule has 1 heterocycles. The third-order valence-electron chi connectivity index (χ3n) is 4.66. The van der Waals surface area contributed by atoms with Gasteiger partial charge in [0.15, 0.2) is 0 Å². The average molecular weight is 334 g/mol. The molecule has 0 aromatic carbocycles. The minimum Gasteiger partial charge on any atom is -0.378 e. The lowest BCUT2D eigenvalue weighted by atomic mass is 9.74. The van der Waals surface area contributed by atoms with Crippen LogP contribution < -0.4 is 5.73 Å². The van der Waals surface area contributed by atoms with Gasteiger partial charge in [0.2, 0.25) is 11.8 Å². The molecular weight excluding hydrogens is 306 g/mol. The van der Waals surface area contributed by atoms with Crippen LogP contribution in [0.15, 0.2) is 0 Å². The molecule has 0 spiro atoms. The van der Waals surface area contributed by atoms with E-state index < -0.39 is 5.54 Å². The zero-order chi connectivity index (χ0) is 15.5. The van der Waals surface area contributed by atoms with E-state index >= 15 is 0 Å². The van der Waals surface area contributed by atoms with Gasteiger partial charge in [0.05, 0.1) is 25.7 Å². The molecule has 7 heteroatoms. The highest BCUT2D eigenvalue weighted by Gasteiger charge is 2.39. The first-order valence-electron chi connectivity index (χ1n) is 7.81. The van der Waals surface area contributed by atoms with Gasteiger partial charge in [-0.05, 0) is 19.8 Å². The van der Waals surface area contributed by atoms with E-state index in [1.54, 1.807) is 16.8 Å². The van der Waals surface area contributed by atoms with E-state index in [4.69, 9.17) is 10.5 Å². The molecule has 1 aliphatic heterocycles. The fourth-order valence-electron chi connectivity index (χ4n) is 3.22. The molecule has 128 valence electrons. The topological polar surface area (TPSA) is 75.9 Å². The molecule has 0 bridgehead atoms. The monoisotopic (exact) mass is 333 g/mol. The lowest BCUT2D eigenvalue weighted by molar-refractivity contribution is -0.145. The van der Waals surface area contributed by atoms with Crippen molar-refractivity contribution in [2.24, 2.45) is 11.7 Å². The lowest BCUT2D eigenvalue weighted by Crippen LogP contribution is -2.54. The van der Waals surface area contributed by atoms with Crippen LogP contribution in [0.5, 0.6) is 0 Å². The van der Waals surface area contributed by atoms with Crippen LogP contribution >= 0.6 is 12.4 Å². The number of nitrogens with zero attached hydrogens (tertiary/aromatic N) is 2. The van der Waals surface area contributed by atoms with Crippen molar-refractivity contribution in [2.75, 3.05) is 39.9 Å². The summed E-state index contributed by atoms with van der Waals surface area (Å²) in [7, 11) is 1.70. The van der Waals surface area contributed by atoms with Gasteiger partial charge in [0.25, 0.3) is 0 Å². The Labute approximate surface area is 138 Å². The van der Waals surface area contributed by atoms with Crippen molar-refractivity contribution in [2.45, 2.75) is 38.1 Å². The molecule has 22 heavy (non-hydrogen) atoms. The van der Waals surface area contributed by atoms with Crippen LogP contribution in [0.25, 0.3) is 0 Å². The quantitative estimate of drug-likeness (QED) is 0.822. The maximum Gasteiger partial charge on any atom is 0.242 e. The molecule has 2 atom stereocenters. The molecular formula is C15H28ClN3O3. The molecule has 2 N–H and O–H groups in total. The van der Waals surface area contributed by atoms with Crippen LogP contribution in [0, 0.1) is 5.92 Å². The first-order chi connectivity index (χ1) is 9.92. The molecule has 2 aliphatic rings. The van der Waals surface area contributed by atoms with Crippen molar-refractivity contribution in [1.82, 2.24) is 9.80 Å². The van der Waals surface area contributed by atoms with Gasteiger partial charge in [-0.25, -0.2) is 0 Å². The molecule has 1 saturated heterocycles.